The van der Waals surface area contributed by atoms with Gasteiger partial charge in [-0.3, -0.25) is 0 Å². The van der Waals surface area contributed by atoms with Gasteiger partial charge in [-0.15, -0.1) is 0 Å². The van der Waals surface area contributed by atoms with Gasteiger partial charge in [0.15, 0.2) is 0 Å². The average molecular weight is 156 g/mol. The predicted octanol–water partition coefficient (Wildman–Crippen LogP) is -0.233. The zero-order valence-electron chi connectivity index (χ0n) is 6.25. The van der Waals surface area contributed by atoms with Gasteiger partial charge in [0.05, 0.1) is 11.7 Å². The SMILES string of the molecule is CC1=C(C(C)O)C(=O)OC1=O. The van der Waals surface area contributed by atoms with Crippen LogP contribution >= 0.6 is 0 Å². The van der Waals surface area contributed by atoms with Crippen LogP contribution in [0.5, 0.6) is 0 Å². The molecule has 1 atom stereocenters. The highest BCUT2D eigenvalue weighted by molar-refractivity contribution is 6.12. The lowest BCUT2D eigenvalue weighted by Gasteiger charge is -2.00. The smallest absolute Gasteiger partial charge is 0.345 e. The van der Waals surface area contributed by atoms with E-state index in [-0.39, 0.29) is 11.1 Å². The number of hydrogen-bond donors (Lipinski definition) is 1. The molecule has 0 aromatic rings. The number of esters is 2. The molecule has 0 aliphatic carbocycles. The van der Waals surface area contributed by atoms with Crippen LogP contribution in [0.2, 0.25) is 0 Å². The summed E-state index contributed by atoms with van der Waals surface area (Å²) in [5.41, 5.74) is 0.264. The lowest BCUT2D eigenvalue weighted by molar-refractivity contribution is -0.151. The molecule has 60 valence electrons. The summed E-state index contributed by atoms with van der Waals surface area (Å²) in [5.74, 6) is -1.40. The van der Waals surface area contributed by atoms with Crippen LogP contribution in [0.25, 0.3) is 0 Å². The third-order valence-electron chi connectivity index (χ3n) is 1.53. The summed E-state index contributed by atoms with van der Waals surface area (Å²) in [6, 6.07) is 0. The first-order valence-electron chi connectivity index (χ1n) is 3.19. The normalized spacial score (nSPS) is 20.6. The Morgan fingerprint density at radius 1 is 1.36 bits per heavy atom. The molecule has 1 aliphatic rings. The van der Waals surface area contributed by atoms with Crippen LogP contribution < -0.4 is 0 Å². The second-order valence-electron chi connectivity index (χ2n) is 2.39. The zero-order valence-corrected chi connectivity index (χ0v) is 6.25. The van der Waals surface area contributed by atoms with Gasteiger partial charge in [0.25, 0.3) is 0 Å². The van der Waals surface area contributed by atoms with E-state index in [9.17, 15) is 9.59 Å². The van der Waals surface area contributed by atoms with Crippen molar-refractivity contribution in [3.05, 3.63) is 11.1 Å². The van der Waals surface area contributed by atoms with E-state index in [2.05, 4.69) is 4.74 Å². The number of hydrogen-bond acceptors (Lipinski definition) is 4. The molecule has 0 bridgehead atoms. The van der Waals surface area contributed by atoms with Crippen LogP contribution in [0, 0.1) is 0 Å². The molecule has 1 aliphatic heterocycles. The van der Waals surface area contributed by atoms with Gasteiger partial charge in [0.2, 0.25) is 0 Å². The van der Waals surface area contributed by atoms with Crippen molar-refractivity contribution in [1.29, 1.82) is 0 Å². The average Bonchev–Trinajstić information content (AvgIpc) is 2.07. The van der Waals surface area contributed by atoms with Crippen LogP contribution in [-0.4, -0.2) is 23.1 Å². The maximum absolute atomic E-state index is 10.8. The van der Waals surface area contributed by atoms with Gasteiger partial charge in [0.1, 0.15) is 0 Å². The van der Waals surface area contributed by atoms with E-state index in [1.807, 2.05) is 0 Å². The van der Waals surface area contributed by atoms with E-state index in [1.165, 1.54) is 13.8 Å². The maximum atomic E-state index is 10.8. The molecule has 1 N–H and O–H groups in total. The second-order valence-corrected chi connectivity index (χ2v) is 2.39. The number of aliphatic hydroxyl groups excluding tert-OH is 1. The molecule has 0 amide bonds. The van der Waals surface area contributed by atoms with E-state index in [1.54, 1.807) is 0 Å². The number of cyclic esters (lactones) is 2. The van der Waals surface area contributed by atoms with Gasteiger partial charge in [-0.25, -0.2) is 9.59 Å². The first-order chi connectivity index (χ1) is 5.04. The van der Waals surface area contributed by atoms with Crippen molar-refractivity contribution in [3.8, 4) is 0 Å². The Labute approximate surface area is 63.5 Å². The molecule has 1 heterocycles. The number of carbonyl (C=O) groups is 2. The van der Waals surface area contributed by atoms with Gasteiger partial charge < -0.3 is 9.84 Å². The van der Waals surface area contributed by atoms with Crippen molar-refractivity contribution >= 4 is 11.9 Å². The highest BCUT2D eigenvalue weighted by Crippen LogP contribution is 2.19. The minimum Gasteiger partial charge on any atom is -0.388 e. The van der Waals surface area contributed by atoms with Crippen LogP contribution in [0.1, 0.15) is 13.8 Å². The Hall–Kier alpha value is -1.16. The highest BCUT2D eigenvalue weighted by Gasteiger charge is 2.32. The molecular formula is C7H8O4. The molecule has 0 fully saturated rings. The van der Waals surface area contributed by atoms with Crippen molar-refractivity contribution in [2.75, 3.05) is 0 Å². The fourth-order valence-corrected chi connectivity index (χ4v) is 0.963. The Morgan fingerprint density at radius 3 is 2.09 bits per heavy atom. The van der Waals surface area contributed by atoms with E-state index < -0.39 is 18.0 Å². The van der Waals surface area contributed by atoms with E-state index in [0.29, 0.717) is 0 Å². The number of aliphatic hydroxyl groups is 1. The van der Waals surface area contributed by atoms with Crippen molar-refractivity contribution in [2.45, 2.75) is 20.0 Å². The monoisotopic (exact) mass is 156 g/mol. The number of rotatable bonds is 1. The summed E-state index contributed by atoms with van der Waals surface area (Å²) in [7, 11) is 0. The fourth-order valence-electron chi connectivity index (χ4n) is 0.963. The minimum atomic E-state index is -0.936. The van der Waals surface area contributed by atoms with Crippen molar-refractivity contribution in [3.63, 3.8) is 0 Å². The largest absolute Gasteiger partial charge is 0.388 e. The predicted molar refractivity (Wildman–Crippen MR) is 35.5 cm³/mol. The van der Waals surface area contributed by atoms with Crippen molar-refractivity contribution < 1.29 is 19.4 Å². The minimum absolute atomic E-state index is 0.0648. The van der Waals surface area contributed by atoms with Gasteiger partial charge in [-0.05, 0) is 13.8 Å². The fraction of sp³-hybridized carbons (Fsp3) is 0.429. The third kappa shape index (κ3) is 1.17. The van der Waals surface area contributed by atoms with Crippen LogP contribution in [0.15, 0.2) is 11.1 Å². The van der Waals surface area contributed by atoms with Gasteiger partial charge in [-0.2, -0.15) is 0 Å². The molecule has 4 nitrogen and oxygen atoms in total. The molecule has 0 aromatic heterocycles. The Balaban J connectivity index is 3.07. The van der Waals surface area contributed by atoms with Crippen LogP contribution in [0.4, 0.5) is 0 Å². The molecule has 0 spiro atoms. The Bertz CT molecular complexity index is 249. The summed E-state index contributed by atoms with van der Waals surface area (Å²) in [6.07, 6.45) is -0.936. The van der Waals surface area contributed by atoms with E-state index in [0.717, 1.165) is 0 Å². The molecule has 11 heavy (non-hydrogen) atoms. The summed E-state index contributed by atoms with van der Waals surface area (Å²) in [4.78, 5) is 21.5. The number of carbonyl (C=O) groups excluding carboxylic acids is 2. The topological polar surface area (TPSA) is 63.6 Å². The first-order valence-corrected chi connectivity index (χ1v) is 3.19. The standard InChI is InChI=1S/C7H8O4/c1-3-5(4(2)8)7(10)11-6(3)9/h4,8H,1-2H3. The molecule has 0 saturated heterocycles. The van der Waals surface area contributed by atoms with Crippen LogP contribution in [-0.2, 0) is 14.3 Å². The van der Waals surface area contributed by atoms with E-state index >= 15 is 0 Å². The summed E-state index contributed by atoms with van der Waals surface area (Å²) in [5, 5.41) is 9.00. The first kappa shape index (κ1) is 7.94. The lowest BCUT2D eigenvalue weighted by atomic mass is 10.1. The molecule has 0 saturated carbocycles. The molecule has 0 radical (unpaired) electrons. The van der Waals surface area contributed by atoms with Gasteiger partial charge in [-0.1, -0.05) is 0 Å². The number of ether oxygens (including phenoxy) is 1. The lowest BCUT2D eigenvalue weighted by Crippen LogP contribution is -2.12. The van der Waals surface area contributed by atoms with E-state index in [4.69, 9.17) is 5.11 Å². The molecule has 4 heteroatoms. The third-order valence-corrected chi connectivity index (χ3v) is 1.53. The van der Waals surface area contributed by atoms with Gasteiger partial charge >= 0.3 is 11.9 Å². The van der Waals surface area contributed by atoms with Gasteiger partial charge in [0, 0.05) is 5.57 Å². The van der Waals surface area contributed by atoms with Crippen molar-refractivity contribution in [2.24, 2.45) is 0 Å². The summed E-state index contributed by atoms with van der Waals surface area (Å²) >= 11 is 0. The Morgan fingerprint density at radius 2 is 1.91 bits per heavy atom. The van der Waals surface area contributed by atoms with Crippen molar-refractivity contribution in [1.82, 2.24) is 0 Å². The molecule has 1 rings (SSSR count). The highest BCUT2D eigenvalue weighted by atomic mass is 16.6. The quantitative estimate of drug-likeness (QED) is 0.420. The Kier molecular flexibility index (Phi) is 1.78. The molecular weight excluding hydrogens is 148 g/mol. The van der Waals surface area contributed by atoms with Crippen LogP contribution in [0.3, 0.4) is 0 Å². The summed E-state index contributed by atoms with van der Waals surface area (Å²) < 4.78 is 4.24. The zero-order chi connectivity index (χ0) is 8.59. The molecule has 0 aromatic carbocycles. The summed E-state index contributed by atoms with van der Waals surface area (Å²) in [6.45, 7) is 2.87. The second kappa shape index (κ2) is 2.47. The maximum Gasteiger partial charge on any atom is 0.345 e. The molecule has 1 unspecified atom stereocenters.